The summed E-state index contributed by atoms with van der Waals surface area (Å²) in [6.45, 7) is 12.8. The first kappa shape index (κ1) is 29.7. The highest BCUT2D eigenvalue weighted by atomic mass is 32.2. The lowest BCUT2D eigenvalue weighted by Gasteiger charge is -2.39. The van der Waals surface area contributed by atoms with Crippen LogP contribution in [0.25, 0.3) is 0 Å². The van der Waals surface area contributed by atoms with Crippen LogP contribution in [0.3, 0.4) is 0 Å². The highest BCUT2D eigenvalue weighted by Crippen LogP contribution is 2.53. The van der Waals surface area contributed by atoms with E-state index in [1.807, 2.05) is 0 Å². The number of nitrogens with one attached hydrogen (secondary N) is 3. The Kier molecular flexibility index (Phi) is 7.82. The summed E-state index contributed by atoms with van der Waals surface area (Å²) in [5.41, 5.74) is 6.30. The fraction of sp³-hybridized carbons (Fsp3) is 0.552. The lowest BCUT2D eigenvalue weighted by atomic mass is 9.65. The summed E-state index contributed by atoms with van der Waals surface area (Å²) in [5, 5.41) is 3.27. The Morgan fingerprint density at radius 2 is 1.76 bits per heavy atom. The van der Waals surface area contributed by atoms with Crippen molar-refractivity contribution >= 4 is 44.1 Å². The van der Waals surface area contributed by atoms with Gasteiger partial charge in [-0.1, -0.05) is 27.7 Å². The van der Waals surface area contributed by atoms with Crippen LogP contribution in [0, 0.1) is 10.8 Å². The van der Waals surface area contributed by atoms with E-state index in [9.17, 15) is 22.8 Å². The molecule has 3 amide bonds. The van der Waals surface area contributed by atoms with E-state index in [2.05, 4.69) is 48.8 Å². The molecule has 12 heteroatoms. The van der Waals surface area contributed by atoms with Crippen LogP contribution in [0.4, 0.5) is 5.00 Å². The number of sulfonamides is 1. The smallest absolute Gasteiger partial charge is 0.272 e. The van der Waals surface area contributed by atoms with E-state index >= 15 is 0 Å². The molecule has 3 heterocycles. The minimum absolute atomic E-state index is 0.0210. The molecular weight excluding hydrogens is 562 g/mol. The molecule has 1 aromatic carbocycles. The van der Waals surface area contributed by atoms with Crippen molar-refractivity contribution in [1.82, 2.24) is 20.1 Å². The summed E-state index contributed by atoms with van der Waals surface area (Å²) in [7, 11) is -3.71. The summed E-state index contributed by atoms with van der Waals surface area (Å²) in [4.78, 5) is 41.1. The fourth-order valence-corrected chi connectivity index (χ4v) is 10.1. The molecule has 2 aromatic rings. The molecule has 2 unspecified atom stereocenters. The van der Waals surface area contributed by atoms with Crippen LogP contribution < -0.4 is 16.2 Å². The van der Waals surface area contributed by atoms with Gasteiger partial charge in [-0.15, -0.1) is 11.3 Å². The van der Waals surface area contributed by atoms with Gasteiger partial charge in [-0.2, -0.15) is 4.31 Å². The Morgan fingerprint density at radius 1 is 1.05 bits per heavy atom. The molecule has 1 aromatic heterocycles. The molecule has 0 spiro atoms. The number of benzene rings is 1. The highest BCUT2D eigenvalue weighted by molar-refractivity contribution is 7.89. The summed E-state index contributed by atoms with van der Waals surface area (Å²) < 4.78 is 28.9. The van der Waals surface area contributed by atoms with Gasteiger partial charge < -0.3 is 5.32 Å². The third kappa shape index (κ3) is 5.93. The van der Waals surface area contributed by atoms with Crippen molar-refractivity contribution in [3.8, 4) is 0 Å². The molecule has 1 saturated heterocycles. The number of likely N-dealkylation sites (N-methyl/N-ethyl adjacent to an activating group) is 1. The average Bonchev–Trinajstić information content (AvgIpc) is 3.39. The molecule has 2 atom stereocenters. The number of hydrogen-bond acceptors (Lipinski definition) is 7. The van der Waals surface area contributed by atoms with Crippen LogP contribution in [0.1, 0.15) is 85.0 Å². The normalized spacial score (nSPS) is 24.0. The second-order valence-electron chi connectivity index (χ2n) is 12.7. The Morgan fingerprint density at radius 3 is 2.41 bits per heavy atom. The minimum Gasteiger partial charge on any atom is -0.313 e. The predicted octanol–water partition coefficient (Wildman–Crippen LogP) is 3.75. The second kappa shape index (κ2) is 10.8. The first-order valence-electron chi connectivity index (χ1n) is 14.1. The fourth-order valence-electron chi connectivity index (χ4n) is 7.04. The van der Waals surface area contributed by atoms with Crippen LogP contribution in [0.5, 0.6) is 0 Å². The maximum absolute atomic E-state index is 13.6. The molecule has 41 heavy (non-hydrogen) atoms. The number of fused-ring (bicyclic) bond motifs is 3. The van der Waals surface area contributed by atoms with Crippen molar-refractivity contribution in [1.29, 1.82) is 0 Å². The standard InChI is InChI=1S/C29H39N5O5S2/c1-6-33-12-11-22-23(15-33)40-27(24(22)26(37)32-31-18(2)35)30-25(36)19-7-9-21(10-8-19)41(38,39)34-17-29(5)14-20(34)13-28(3,4)16-29/h7-10,20H,6,11-17H2,1-5H3,(H,30,36)(H,31,35)(H,32,37). The van der Waals surface area contributed by atoms with E-state index in [1.54, 1.807) is 4.31 Å². The molecule has 0 radical (unpaired) electrons. The predicted molar refractivity (Wildman–Crippen MR) is 158 cm³/mol. The number of carbonyl (C=O) groups is 3. The minimum atomic E-state index is -3.71. The Balaban J connectivity index is 1.36. The molecule has 2 bridgehead atoms. The van der Waals surface area contributed by atoms with Crippen molar-refractivity contribution in [2.24, 2.45) is 10.8 Å². The van der Waals surface area contributed by atoms with Gasteiger partial charge in [-0.25, -0.2) is 8.42 Å². The van der Waals surface area contributed by atoms with Crippen molar-refractivity contribution in [2.75, 3.05) is 25.0 Å². The van der Waals surface area contributed by atoms with Crippen molar-refractivity contribution in [3.63, 3.8) is 0 Å². The number of carbonyl (C=O) groups excluding carboxylic acids is 3. The molecule has 1 saturated carbocycles. The largest absolute Gasteiger partial charge is 0.313 e. The molecular formula is C29H39N5O5S2. The van der Waals surface area contributed by atoms with E-state index in [4.69, 9.17) is 0 Å². The van der Waals surface area contributed by atoms with Crippen LogP contribution in [-0.4, -0.2) is 61.0 Å². The SMILES string of the molecule is CCN1CCc2c(sc(NC(=O)c3ccc(S(=O)(=O)N4CC5(C)CC4CC(C)(C)C5)cc3)c2C(=O)NNC(C)=O)C1. The quantitative estimate of drug-likeness (QED) is 0.433. The number of rotatable bonds is 6. The summed E-state index contributed by atoms with van der Waals surface area (Å²) in [6.07, 6.45) is 3.35. The molecule has 3 aliphatic rings. The Bertz CT molecular complexity index is 1480. The lowest BCUT2D eigenvalue weighted by molar-refractivity contribution is -0.119. The summed E-state index contributed by atoms with van der Waals surface area (Å²) in [6, 6.07) is 5.98. The maximum Gasteiger partial charge on any atom is 0.272 e. The van der Waals surface area contributed by atoms with Gasteiger partial charge in [0.2, 0.25) is 15.9 Å². The monoisotopic (exact) mass is 601 g/mol. The molecule has 10 nitrogen and oxygen atoms in total. The summed E-state index contributed by atoms with van der Waals surface area (Å²) in [5.74, 6) is -1.35. The number of amides is 3. The first-order valence-corrected chi connectivity index (χ1v) is 16.3. The van der Waals surface area contributed by atoms with Gasteiger partial charge in [0.1, 0.15) is 5.00 Å². The second-order valence-corrected chi connectivity index (χ2v) is 15.7. The van der Waals surface area contributed by atoms with E-state index in [0.717, 1.165) is 42.8 Å². The van der Waals surface area contributed by atoms with Gasteiger partial charge in [0.25, 0.3) is 11.8 Å². The first-order chi connectivity index (χ1) is 19.2. The zero-order valence-electron chi connectivity index (χ0n) is 24.3. The third-order valence-corrected chi connectivity index (χ3v) is 11.5. The van der Waals surface area contributed by atoms with Gasteiger partial charge in [-0.3, -0.25) is 30.1 Å². The molecule has 5 rings (SSSR count). The number of anilines is 1. The van der Waals surface area contributed by atoms with Gasteiger partial charge >= 0.3 is 0 Å². The van der Waals surface area contributed by atoms with Gasteiger partial charge in [0, 0.05) is 43.0 Å². The molecule has 2 fully saturated rings. The number of hydrazine groups is 1. The molecule has 1 aliphatic carbocycles. The van der Waals surface area contributed by atoms with Crippen LogP contribution in [0.15, 0.2) is 29.2 Å². The Hall–Kier alpha value is -2.80. The van der Waals surface area contributed by atoms with E-state index in [-0.39, 0.29) is 27.3 Å². The van der Waals surface area contributed by atoms with Crippen LogP contribution in [0.2, 0.25) is 0 Å². The van der Waals surface area contributed by atoms with Gasteiger partial charge in [0.15, 0.2) is 0 Å². The molecule has 3 N–H and O–H groups in total. The highest BCUT2D eigenvalue weighted by Gasteiger charge is 2.53. The molecule has 2 aliphatic heterocycles. The third-order valence-electron chi connectivity index (χ3n) is 8.48. The van der Waals surface area contributed by atoms with Crippen LogP contribution in [-0.2, 0) is 27.8 Å². The van der Waals surface area contributed by atoms with E-state index in [0.29, 0.717) is 30.1 Å². The maximum atomic E-state index is 13.6. The van der Waals surface area contributed by atoms with Gasteiger partial charge in [-0.05, 0) is 72.9 Å². The zero-order chi connectivity index (χ0) is 29.7. The van der Waals surface area contributed by atoms with Crippen molar-refractivity contribution in [3.05, 3.63) is 45.8 Å². The lowest BCUT2D eigenvalue weighted by Crippen LogP contribution is -2.41. The van der Waals surface area contributed by atoms with E-state index < -0.39 is 27.7 Å². The topological polar surface area (TPSA) is 128 Å². The molecule has 222 valence electrons. The number of thiophene rings is 1. The summed E-state index contributed by atoms with van der Waals surface area (Å²) >= 11 is 1.35. The Labute approximate surface area is 245 Å². The van der Waals surface area contributed by atoms with Gasteiger partial charge in [0.05, 0.1) is 10.5 Å². The van der Waals surface area contributed by atoms with E-state index in [1.165, 1.54) is 42.5 Å². The number of nitrogens with zero attached hydrogens (tertiary/aromatic N) is 2. The average molecular weight is 602 g/mol. The van der Waals surface area contributed by atoms with Crippen molar-refractivity contribution in [2.45, 2.75) is 77.8 Å². The number of hydrogen-bond donors (Lipinski definition) is 3. The van der Waals surface area contributed by atoms with Crippen LogP contribution >= 0.6 is 11.3 Å². The zero-order valence-corrected chi connectivity index (χ0v) is 25.9. The van der Waals surface area contributed by atoms with Crippen molar-refractivity contribution < 1.29 is 22.8 Å².